The van der Waals surface area contributed by atoms with Gasteiger partial charge in [0.25, 0.3) is 0 Å². The zero-order valence-corrected chi connectivity index (χ0v) is 12.2. The van der Waals surface area contributed by atoms with E-state index in [0.29, 0.717) is 17.6 Å². The summed E-state index contributed by atoms with van der Waals surface area (Å²) in [6, 6.07) is 0.630. The fourth-order valence-electron chi connectivity index (χ4n) is 3.90. The van der Waals surface area contributed by atoms with Crippen molar-refractivity contribution in [2.45, 2.75) is 52.2 Å². The van der Waals surface area contributed by atoms with Crippen molar-refractivity contribution in [2.75, 3.05) is 13.2 Å². The molecule has 19 heavy (non-hydrogen) atoms. The first kappa shape index (κ1) is 13.1. The first-order valence-electron chi connectivity index (χ1n) is 7.44. The van der Waals surface area contributed by atoms with Gasteiger partial charge >= 0.3 is 0 Å². The summed E-state index contributed by atoms with van der Waals surface area (Å²) in [5.41, 5.74) is 2.84. The van der Waals surface area contributed by atoms with Gasteiger partial charge in [0, 0.05) is 29.7 Å². The van der Waals surface area contributed by atoms with Crippen LogP contribution in [-0.4, -0.2) is 35.5 Å². The van der Waals surface area contributed by atoms with Crippen LogP contribution in [0.2, 0.25) is 0 Å². The average Bonchev–Trinajstić information content (AvgIpc) is 2.97. The molecule has 3 atom stereocenters. The summed E-state index contributed by atoms with van der Waals surface area (Å²) >= 11 is 0. The number of aryl methyl sites for hydroxylation is 2. The second kappa shape index (κ2) is 4.91. The van der Waals surface area contributed by atoms with Crippen molar-refractivity contribution in [1.82, 2.24) is 15.5 Å². The number of hydrogen-bond donors (Lipinski definition) is 2. The van der Waals surface area contributed by atoms with Crippen molar-refractivity contribution in [3.05, 3.63) is 17.5 Å². The molecular formula is C15H25N3O. The molecule has 0 spiro atoms. The Morgan fingerprint density at radius 2 is 2.37 bits per heavy atom. The van der Waals surface area contributed by atoms with E-state index in [9.17, 15) is 0 Å². The van der Waals surface area contributed by atoms with E-state index in [1.807, 2.05) is 6.20 Å². The molecule has 1 aliphatic carbocycles. The van der Waals surface area contributed by atoms with Crippen LogP contribution in [0.4, 0.5) is 0 Å². The Labute approximate surface area is 115 Å². The molecule has 2 fully saturated rings. The molecule has 1 unspecified atom stereocenters. The van der Waals surface area contributed by atoms with Crippen LogP contribution in [0.25, 0.3) is 0 Å². The van der Waals surface area contributed by atoms with Crippen LogP contribution in [0.5, 0.6) is 0 Å². The van der Waals surface area contributed by atoms with E-state index in [1.54, 1.807) is 0 Å². The molecule has 1 aliphatic heterocycles. The molecule has 0 amide bonds. The van der Waals surface area contributed by atoms with E-state index >= 15 is 0 Å². The first-order chi connectivity index (χ1) is 9.10. The van der Waals surface area contributed by atoms with Crippen molar-refractivity contribution < 1.29 is 4.74 Å². The van der Waals surface area contributed by atoms with Gasteiger partial charge in [-0.3, -0.25) is 5.10 Å². The maximum atomic E-state index is 5.83. The Kier molecular flexibility index (Phi) is 3.39. The molecule has 1 aromatic rings. The van der Waals surface area contributed by atoms with Gasteiger partial charge in [-0.25, -0.2) is 0 Å². The van der Waals surface area contributed by atoms with E-state index in [4.69, 9.17) is 4.74 Å². The number of aromatic amines is 1. The Morgan fingerprint density at radius 1 is 1.53 bits per heavy atom. The van der Waals surface area contributed by atoms with Crippen molar-refractivity contribution in [1.29, 1.82) is 0 Å². The van der Waals surface area contributed by atoms with Gasteiger partial charge in [0.05, 0.1) is 12.3 Å². The number of nitrogens with zero attached hydrogens (tertiary/aromatic N) is 1. The van der Waals surface area contributed by atoms with Gasteiger partial charge < -0.3 is 10.1 Å². The van der Waals surface area contributed by atoms with Gasteiger partial charge in [-0.05, 0) is 38.3 Å². The summed E-state index contributed by atoms with van der Waals surface area (Å²) in [5, 5.41) is 10.8. The Balaban J connectivity index is 1.44. The maximum absolute atomic E-state index is 5.83. The summed E-state index contributed by atoms with van der Waals surface area (Å²) in [7, 11) is 0. The lowest BCUT2D eigenvalue weighted by molar-refractivity contribution is -0.112. The fraction of sp³-hybridized carbons (Fsp3) is 0.800. The quantitative estimate of drug-likeness (QED) is 0.799. The molecule has 106 valence electrons. The van der Waals surface area contributed by atoms with E-state index < -0.39 is 0 Å². The van der Waals surface area contributed by atoms with E-state index in [1.165, 1.54) is 24.1 Å². The normalized spacial score (nSPS) is 32.1. The van der Waals surface area contributed by atoms with E-state index in [0.717, 1.165) is 25.5 Å². The molecule has 2 aliphatic rings. The monoisotopic (exact) mass is 263 g/mol. The first-order valence-corrected chi connectivity index (χ1v) is 7.44. The summed E-state index contributed by atoms with van der Waals surface area (Å²) in [6.07, 6.45) is 5.94. The minimum atomic E-state index is 0.298. The minimum Gasteiger partial charge on any atom is -0.377 e. The lowest BCUT2D eigenvalue weighted by Crippen LogP contribution is -2.65. The number of fused-ring (bicyclic) bond motifs is 1. The predicted molar refractivity (Wildman–Crippen MR) is 75.1 cm³/mol. The van der Waals surface area contributed by atoms with Gasteiger partial charge in [-0.2, -0.15) is 5.10 Å². The Hall–Kier alpha value is -0.870. The third kappa shape index (κ3) is 2.21. The summed E-state index contributed by atoms with van der Waals surface area (Å²) in [6.45, 7) is 8.78. The maximum Gasteiger partial charge on any atom is 0.0685 e. The highest BCUT2D eigenvalue weighted by Crippen LogP contribution is 2.51. The van der Waals surface area contributed by atoms with Gasteiger partial charge in [0.1, 0.15) is 0 Å². The van der Waals surface area contributed by atoms with Crippen LogP contribution < -0.4 is 5.32 Å². The van der Waals surface area contributed by atoms with Gasteiger partial charge in [-0.1, -0.05) is 13.8 Å². The highest BCUT2D eigenvalue weighted by molar-refractivity contribution is 5.14. The third-order valence-electron chi connectivity index (χ3n) is 5.02. The van der Waals surface area contributed by atoms with Crippen LogP contribution >= 0.6 is 0 Å². The molecule has 3 rings (SSSR count). The third-order valence-corrected chi connectivity index (χ3v) is 5.02. The second-order valence-electron chi connectivity index (χ2n) is 6.62. The standard InChI is InChI=1S/C15H25N3O/c1-10-11(9-17-18-10)5-4-7-16-13-12-6-8-19-14(12)15(13,2)3/h9,12-14,16H,4-8H2,1-3H3,(H,17,18)/t12-,13?,14-/m0/s1. The van der Waals surface area contributed by atoms with Crippen LogP contribution in [0.3, 0.4) is 0 Å². The van der Waals surface area contributed by atoms with Crippen molar-refractivity contribution >= 4 is 0 Å². The van der Waals surface area contributed by atoms with E-state index in [2.05, 4.69) is 36.3 Å². The number of nitrogens with one attached hydrogen (secondary N) is 2. The van der Waals surface area contributed by atoms with Crippen LogP contribution in [-0.2, 0) is 11.2 Å². The molecule has 2 heterocycles. The largest absolute Gasteiger partial charge is 0.377 e. The van der Waals surface area contributed by atoms with Crippen LogP contribution in [0.15, 0.2) is 6.20 Å². The fourth-order valence-corrected chi connectivity index (χ4v) is 3.90. The zero-order chi connectivity index (χ0) is 13.5. The molecule has 1 saturated heterocycles. The van der Waals surface area contributed by atoms with Crippen LogP contribution in [0, 0.1) is 18.3 Å². The summed E-state index contributed by atoms with van der Waals surface area (Å²) in [4.78, 5) is 0. The molecule has 0 aromatic carbocycles. The van der Waals surface area contributed by atoms with Crippen molar-refractivity contribution in [3.63, 3.8) is 0 Å². The number of ether oxygens (including phenoxy) is 1. The molecule has 4 nitrogen and oxygen atoms in total. The second-order valence-corrected chi connectivity index (χ2v) is 6.62. The van der Waals surface area contributed by atoms with Gasteiger partial charge in [0.15, 0.2) is 0 Å². The molecule has 1 saturated carbocycles. The number of rotatable bonds is 5. The van der Waals surface area contributed by atoms with Gasteiger partial charge in [-0.15, -0.1) is 0 Å². The molecule has 2 N–H and O–H groups in total. The topological polar surface area (TPSA) is 49.9 Å². The molecule has 4 heteroatoms. The predicted octanol–water partition coefficient (Wildman–Crippen LogP) is 2.05. The Morgan fingerprint density at radius 3 is 3.11 bits per heavy atom. The van der Waals surface area contributed by atoms with Crippen molar-refractivity contribution in [2.24, 2.45) is 11.3 Å². The molecule has 0 radical (unpaired) electrons. The summed E-state index contributed by atoms with van der Waals surface area (Å²) < 4.78 is 5.83. The number of H-pyrrole nitrogens is 1. The van der Waals surface area contributed by atoms with Gasteiger partial charge in [0.2, 0.25) is 0 Å². The summed E-state index contributed by atoms with van der Waals surface area (Å²) in [5.74, 6) is 0.741. The zero-order valence-electron chi connectivity index (χ0n) is 12.2. The lowest BCUT2D eigenvalue weighted by Gasteiger charge is -2.55. The molecule has 1 aromatic heterocycles. The number of hydrogen-bond acceptors (Lipinski definition) is 3. The Bertz CT molecular complexity index is 440. The van der Waals surface area contributed by atoms with E-state index in [-0.39, 0.29) is 0 Å². The highest BCUT2D eigenvalue weighted by atomic mass is 16.5. The smallest absolute Gasteiger partial charge is 0.0685 e. The molecular weight excluding hydrogens is 238 g/mol. The van der Waals surface area contributed by atoms with Crippen molar-refractivity contribution in [3.8, 4) is 0 Å². The molecule has 0 bridgehead atoms. The average molecular weight is 263 g/mol. The van der Waals surface area contributed by atoms with Crippen LogP contribution in [0.1, 0.15) is 37.9 Å². The SMILES string of the molecule is Cc1[nH]ncc1CCCNC1[C@@H]2CCO[C@@H]2C1(C)C. The lowest BCUT2D eigenvalue weighted by atomic mass is 9.57. The highest BCUT2D eigenvalue weighted by Gasteiger charge is 2.58. The number of aromatic nitrogens is 2. The minimum absolute atomic E-state index is 0.298.